The van der Waals surface area contributed by atoms with Crippen LogP contribution < -0.4 is 0 Å². The van der Waals surface area contributed by atoms with E-state index < -0.39 is 0 Å². The van der Waals surface area contributed by atoms with Gasteiger partial charge >= 0.3 is 0 Å². The maximum atomic E-state index is 4.92. The molecule has 1 heterocycles. The Balaban J connectivity index is 1.53. The first kappa shape index (κ1) is 18.6. The molecule has 4 rings (SSSR count). The molecule has 4 aromatic rings. The van der Waals surface area contributed by atoms with Gasteiger partial charge in [-0.25, -0.2) is 4.98 Å². The Bertz CT molecular complexity index is 967. The molecule has 3 heteroatoms. The Morgan fingerprint density at radius 3 is 2.00 bits per heavy atom. The third-order valence-electron chi connectivity index (χ3n) is 4.70. The van der Waals surface area contributed by atoms with Gasteiger partial charge in [-0.2, -0.15) is 0 Å². The van der Waals surface area contributed by atoms with Crippen molar-refractivity contribution in [1.29, 1.82) is 0 Å². The van der Waals surface area contributed by atoms with E-state index in [9.17, 15) is 0 Å². The van der Waals surface area contributed by atoms with E-state index in [0.29, 0.717) is 0 Å². The van der Waals surface area contributed by atoms with Crippen molar-refractivity contribution in [3.05, 3.63) is 113 Å². The van der Waals surface area contributed by atoms with E-state index in [1.54, 1.807) is 11.3 Å². The lowest BCUT2D eigenvalue weighted by Gasteiger charge is -2.21. The number of hydrogen-bond donors (Lipinski definition) is 0. The topological polar surface area (TPSA) is 16.1 Å². The second-order valence-electron chi connectivity index (χ2n) is 7.13. The van der Waals surface area contributed by atoms with Gasteiger partial charge in [0.05, 0.1) is 5.69 Å². The Morgan fingerprint density at radius 2 is 1.39 bits per heavy atom. The number of rotatable bonds is 7. The molecule has 0 aliphatic rings. The predicted molar refractivity (Wildman–Crippen MR) is 118 cm³/mol. The first-order chi connectivity index (χ1) is 13.8. The van der Waals surface area contributed by atoms with E-state index in [4.69, 9.17) is 4.98 Å². The van der Waals surface area contributed by atoms with Crippen molar-refractivity contribution in [2.45, 2.75) is 26.6 Å². The summed E-state index contributed by atoms with van der Waals surface area (Å²) in [5.74, 6) is 0. The number of hydrogen-bond acceptors (Lipinski definition) is 3. The van der Waals surface area contributed by atoms with Crippen LogP contribution in [0, 0.1) is 6.92 Å². The third-order valence-corrected chi connectivity index (χ3v) is 5.64. The number of thiazole rings is 1. The largest absolute Gasteiger partial charge is 0.289 e. The summed E-state index contributed by atoms with van der Waals surface area (Å²) in [5.41, 5.74) is 6.26. The van der Waals surface area contributed by atoms with Crippen LogP contribution in [0.1, 0.15) is 22.4 Å². The van der Waals surface area contributed by atoms with Crippen LogP contribution in [0.15, 0.2) is 90.3 Å². The summed E-state index contributed by atoms with van der Waals surface area (Å²) in [7, 11) is 0. The molecule has 0 N–H and O–H groups in total. The molecule has 0 saturated heterocycles. The average molecular weight is 385 g/mol. The highest BCUT2D eigenvalue weighted by Crippen LogP contribution is 2.25. The Labute approximate surface area is 171 Å². The normalized spacial score (nSPS) is 11.1. The molecule has 0 amide bonds. The second kappa shape index (κ2) is 8.96. The molecular weight excluding hydrogens is 360 g/mol. The highest BCUT2D eigenvalue weighted by molar-refractivity contribution is 7.13. The highest BCUT2D eigenvalue weighted by Gasteiger charge is 2.12. The molecule has 1 aromatic heterocycles. The zero-order valence-corrected chi connectivity index (χ0v) is 16.9. The molecule has 0 aliphatic carbocycles. The van der Waals surface area contributed by atoms with Crippen molar-refractivity contribution < 1.29 is 0 Å². The minimum absolute atomic E-state index is 0.839. The predicted octanol–water partition coefficient (Wildman–Crippen LogP) is 6.32. The Kier molecular flexibility index (Phi) is 5.95. The fraction of sp³-hybridized carbons (Fsp3) is 0.160. The standard InChI is InChI=1S/C25H24N2S/c1-20-9-8-14-23(15-20)25-26-24(19-28-25)18-27(16-21-10-4-2-5-11-21)17-22-12-6-3-7-13-22/h2-15,19H,16-18H2,1H3. The van der Waals surface area contributed by atoms with Crippen LogP contribution in [0.2, 0.25) is 0 Å². The summed E-state index contributed by atoms with van der Waals surface area (Å²) in [5, 5.41) is 3.29. The maximum absolute atomic E-state index is 4.92. The van der Waals surface area contributed by atoms with Gasteiger partial charge in [-0.15, -0.1) is 11.3 Å². The lowest BCUT2D eigenvalue weighted by Crippen LogP contribution is -2.22. The lowest BCUT2D eigenvalue weighted by molar-refractivity contribution is 0.245. The van der Waals surface area contributed by atoms with E-state index in [-0.39, 0.29) is 0 Å². The molecule has 140 valence electrons. The first-order valence-electron chi connectivity index (χ1n) is 9.58. The molecule has 0 fully saturated rings. The van der Waals surface area contributed by atoms with Gasteiger partial charge < -0.3 is 0 Å². The molecular formula is C25H24N2S. The monoisotopic (exact) mass is 384 g/mol. The second-order valence-corrected chi connectivity index (χ2v) is 7.99. The van der Waals surface area contributed by atoms with Crippen LogP contribution >= 0.6 is 11.3 Å². The Morgan fingerprint density at radius 1 is 0.750 bits per heavy atom. The van der Waals surface area contributed by atoms with E-state index >= 15 is 0 Å². The molecule has 0 bridgehead atoms. The van der Waals surface area contributed by atoms with Crippen molar-refractivity contribution in [2.75, 3.05) is 0 Å². The molecule has 28 heavy (non-hydrogen) atoms. The summed E-state index contributed by atoms with van der Waals surface area (Å²) in [6.45, 7) is 4.78. The molecule has 0 atom stereocenters. The van der Waals surface area contributed by atoms with Crippen molar-refractivity contribution in [2.24, 2.45) is 0 Å². The minimum atomic E-state index is 0.839. The average Bonchev–Trinajstić information content (AvgIpc) is 3.18. The van der Waals surface area contributed by atoms with Crippen LogP contribution in [-0.2, 0) is 19.6 Å². The van der Waals surface area contributed by atoms with Gasteiger partial charge in [0, 0.05) is 30.6 Å². The molecule has 0 radical (unpaired) electrons. The van der Waals surface area contributed by atoms with Crippen LogP contribution in [0.4, 0.5) is 0 Å². The van der Waals surface area contributed by atoms with Crippen LogP contribution in [0.5, 0.6) is 0 Å². The fourth-order valence-corrected chi connectivity index (χ4v) is 4.18. The summed E-state index contributed by atoms with van der Waals surface area (Å²) < 4.78 is 0. The van der Waals surface area contributed by atoms with Gasteiger partial charge in [0.1, 0.15) is 5.01 Å². The van der Waals surface area contributed by atoms with Crippen LogP contribution in [0.25, 0.3) is 10.6 Å². The SMILES string of the molecule is Cc1cccc(-c2nc(CN(Cc3ccccc3)Cc3ccccc3)cs2)c1. The highest BCUT2D eigenvalue weighted by atomic mass is 32.1. The zero-order valence-electron chi connectivity index (χ0n) is 16.1. The van der Waals surface area contributed by atoms with Crippen molar-refractivity contribution in [3.63, 3.8) is 0 Å². The number of aryl methyl sites for hydroxylation is 1. The van der Waals surface area contributed by atoms with E-state index in [2.05, 4.69) is 102 Å². The Hall–Kier alpha value is -2.75. The zero-order chi connectivity index (χ0) is 19.2. The molecule has 0 saturated carbocycles. The minimum Gasteiger partial charge on any atom is -0.289 e. The molecule has 0 unspecified atom stereocenters. The number of aromatic nitrogens is 1. The first-order valence-corrected chi connectivity index (χ1v) is 10.5. The van der Waals surface area contributed by atoms with E-state index in [1.807, 2.05) is 0 Å². The van der Waals surface area contributed by atoms with E-state index in [0.717, 1.165) is 30.3 Å². The van der Waals surface area contributed by atoms with Gasteiger partial charge in [0.25, 0.3) is 0 Å². The van der Waals surface area contributed by atoms with Gasteiger partial charge in [-0.05, 0) is 24.1 Å². The van der Waals surface area contributed by atoms with Gasteiger partial charge in [0.15, 0.2) is 0 Å². The maximum Gasteiger partial charge on any atom is 0.123 e. The van der Waals surface area contributed by atoms with Crippen LogP contribution in [-0.4, -0.2) is 9.88 Å². The van der Waals surface area contributed by atoms with Crippen LogP contribution in [0.3, 0.4) is 0 Å². The number of benzene rings is 3. The quantitative estimate of drug-likeness (QED) is 0.370. The van der Waals surface area contributed by atoms with Crippen molar-refractivity contribution >= 4 is 11.3 Å². The van der Waals surface area contributed by atoms with Crippen molar-refractivity contribution in [1.82, 2.24) is 9.88 Å². The molecule has 0 spiro atoms. The van der Waals surface area contributed by atoms with Gasteiger partial charge in [-0.1, -0.05) is 84.4 Å². The number of nitrogens with zero attached hydrogens (tertiary/aromatic N) is 2. The van der Waals surface area contributed by atoms with Gasteiger partial charge in [0.2, 0.25) is 0 Å². The summed E-state index contributed by atoms with van der Waals surface area (Å²) in [6, 6.07) is 29.9. The lowest BCUT2D eigenvalue weighted by atomic mass is 10.1. The summed E-state index contributed by atoms with van der Waals surface area (Å²) in [4.78, 5) is 7.38. The van der Waals surface area contributed by atoms with Gasteiger partial charge in [-0.3, -0.25) is 4.90 Å². The third kappa shape index (κ3) is 4.94. The summed E-state index contributed by atoms with van der Waals surface area (Å²) >= 11 is 1.73. The smallest absolute Gasteiger partial charge is 0.123 e. The fourth-order valence-electron chi connectivity index (χ4n) is 3.37. The van der Waals surface area contributed by atoms with E-state index in [1.165, 1.54) is 22.3 Å². The molecule has 3 aromatic carbocycles. The van der Waals surface area contributed by atoms with Crippen molar-refractivity contribution in [3.8, 4) is 10.6 Å². The molecule has 2 nitrogen and oxygen atoms in total. The molecule has 0 aliphatic heterocycles. The summed E-state index contributed by atoms with van der Waals surface area (Å²) in [6.07, 6.45) is 0.